The lowest BCUT2D eigenvalue weighted by Crippen LogP contribution is -1.82. The van der Waals surface area contributed by atoms with E-state index in [0.29, 0.717) is 27.1 Å². The number of halogens is 2. The summed E-state index contributed by atoms with van der Waals surface area (Å²) in [6, 6.07) is 18.8. The molecule has 1 aromatic heterocycles. The Morgan fingerprint density at radius 1 is 1.04 bits per heavy atom. The summed E-state index contributed by atoms with van der Waals surface area (Å²) in [4.78, 5) is 0. The molecule has 0 saturated carbocycles. The van der Waals surface area contributed by atoms with Crippen molar-refractivity contribution in [3.8, 4) is 17.4 Å². The van der Waals surface area contributed by atoms with Gasteiger partial charge in [0, 0.05) is 10.6 Å². The molecule has 0 fully saturated rings. The molecule has 0 atom stereocenters. The molecule has 0 saturated heterocycles. The van der Waals surface area contributed by atoms with Gasteiger partial charge in [-0.05, 0) is 48.9 Å². The molecule has 0 bridgehead atoms. The third-order valence-electron chi connectivity index (χ3n) is 3.59. The summed E-state index contributed by atoms with van der Waals surface area (Å²) >= 11 is 12.2. The van der Waals surface area contributed by atoms with Crippen molar-refractivity contribution in [2.24, 2.45) is 0 Å². The highest BCUT2D eigenvalue weighted by Gasteiger charge is 2.10. The van der Waals surface area contributed by atoms with E-state index >= 15 is 0 Å². The highest BCUT2D eigenvalue weighted by Crippen LogP contribution is 2.32. The number of rotatable bonds is 3. The largest absolute Gasteiger partial charge is 0.457 e. The molecule has 4 heteroatoms. The van der Waals surface area contributed by atoms with E-state index in [1.54, 1.807) is 30.3 Å². The summed E-state index contributed by atoms with van der Waals surface area (Å²) in [5, 5.41) is 10.6. The van der Waals surface area contributed by atoms with Crippen LogP contribution in [0.5, 0.6) is 0 Å². The molecule has 0 radical (unpaired) electrons. The fourth-order valence-electron chi connectivity index (χ4n) is 2.32. The molecular weight excluding hydrogens is 341 g/mol. The predicted molar refractivity (Wildman–Crippen MR) is 98.8 cm³/mol. The zero-order valence-electron chi connectivity index (χ0n) is 12.9. The van der Waals surface area contributed by atoms with E-state index in [9.17, 15) is 5.26 Å². The number of nitriles is 1. The van der Waals surface area contributed by atoms with Gasteiger partial charge in [-0.15, -0.1) is 0 Å². The van der Waals surface area contributed by atoms with Gasteiger partial charge in [0.1, 0.15) is 11.5 Å². The maximum Gasteiger partial charge on any atom is 0.136 e. The summed E-state index contributed by atoms with van der Waals surface area (Å²) in [6.45, 7) is 2.01. The number of aryl methyl sites for hydroxylation is 1. The molecule has 0 aliphatic carbocycles. The first-order valence-corrected chi connectivity index (χ1v) is 8.06. The van der Waals surface area contributed by atoms with Gasteiger partial charge in [-0.1, -0.05) is 53.0 Å². The molecule has 0 aliphatic rings. The van der Waals surface area contributed by atoms with Crippen LogP contribution in [0.15, 0.2) is 59.0 Å². The number of allylic oxidation sites excluding steroid dienone is 1. The van der Waals surface area contributed by atoms with Crippen molar-refractivity contribution in [2.75, 3.05) is 0 Å². The van der Waals surface area contributed by atoms with E-state index in [2.05, 4.69) is 6.07 Å². The van der Waals surface area contributed by atoms with E-state index in [-0.39, 0.29) is 0 Å². The Morgan fingerprint density at radius 3 is 2.50 bits per heavy atom. The summed E-state index contributed by atoms with van der Waals surface area (Å²) in [5.74, 6) is 1.19. The van der Waals surface area contributed by atoms with Gasteiger partial charge in [-0.25, -0.2) is 0 Å². The highest BCUT2D eigenvalue weighted by molar-refractivity contribution is 6.35. The minimum absolute atomic E-state index is 0.535. The second kappa shape index (κ2) is 6.97. The third-order valence-corrected chi connectivity index (χ3v) is 4.15. The molecular formula is C20H13Cl2NO. The molecule has 3 rings (SSSR count). The molecule has 0 unspecified atom stereocenters. The van der Waals surface area contributed by atoms with E-state index < -0.39 is 0 Å². The van der Waals surface area contributed by atoms with Crippen LogP contribution < -0.4 is 0 Å². The highest BCUT2D eigenvalue weighted by atomic mass is 35.5. The van der Waals surface area contributed by atoms with Crippen LogP contribution in [-0.2, 0) is 0 Å². The second-order valence-corrected chi connectivity index (χ2v) is 6.21. The maximum absolute atomic E-state index is 9.42. The quantitative estimate of drug-likeness (QED) is 0.495. The molecule has 2 aromatic carbocycles. The van der Waals surface area contributed by atoms with Crippen molar-refractivity contribution in [1.82, 2.24) is 0 Å². The van der Waals surface area contributed by atoms with Crippen molar-refractivity contribution < 1.29 is 4.42 Å². The number of hydrogen-bond donors (Lipinski definition) is 0. The molecule has 3 aromatic rings. The Kier molecular flexibility index (Phi) is 4.76. The number of hydrogen-bond acceptors (Lipinski definition) is 2. The Balaban J connectivity index is 1.96. The molecule has 1 heterocycles. The predicted octanol–water partition coefficient (Wildman–Crippen LogP) is 6.63. The Morgan fingerprint density at radius 2 is 1.79 bits per heavy atom. The van der Waals surface area contributed by atoms with Crippen LogP contribution in [-0.4, -0.2) is 0 Å². The number of nitrogens with zero attached hydrogens (tertiary/aromatic N) is 1. The average Bonchev–Trinajstić information content (AvgIpc) is 3.04. The fourth-order valence-corrected chi connectivity index (χ4v) is 2.70. The molecule has 0 amide bonds. The minimum atomic E-state index is 0.535. The van der Waals surface area contributed by atoms with Gasteiger partial charge in [-0.3, -0.25) is 0 Å². The Labute approximate surface area is 150 Å². The van der Waals surface area contributed by atoms with Gasteiger partial charge < -0.3 is 4.42 Å². The van der Waals surface area contributed by atoms with Gasteiger partial charge in [-0.2, -0.15) is 5.26 Å². The first kappa shape index (κ1) is 16.4. The second-order valence-electron chi connectivity index (χ2n) is 5.36. The van der Waals surface area contributed by atoms with Crippen LogP contribution in [0.3, 0.4) is 0 Å². The monoisotopic (exact) mass is 353 g/mol. The molecule has 0 spiro atoms. The van der Waals surface area contributed by atoms with Crippen LogP contribution in [0.4, 0.5) is 0 Å². The summed E-state index contributed by atoms with van der Waals surface area (Å²) in [7, 11) is 0. The van der Waals surface area contributed by atoms with E-state index in [0.717, 1.165) is 16.7 Å². The average molecular weight is 354 g/mol. The lowest BCUT2D eigenvalue weighted by molar-refractivity contribution is 0.572. The normalized spacial score (nSPS) is 11.3. The third kappa shape index (κ3) is 3.54. The zero-order valence-corrected chi connectivity index (χ0v) is 14.4. The fraction of sp³-hybridized carbons (Fsp3) is 0.0500. The van der Waals surface area contributed by atoms with Gasteiger partial charge in [0.25, 0.3) is 0 Å². The maximum atomic E-state index is 9.42. The molecule has 0 aliphatic heterocycles. The van der Waals surface area contributed by atoms with Crippen molar-refractivity contribution in [3.63, 3.8) is 0 Å². The van der Waals surface area contributed by atoms with Crippen molar-refractivity contribution in [1.29, 1.82) is 5.26 Å². The van der Waals surface area contributed by atoms with Crippen LogP contribution in [0.1, 0.15) is 16.9 Å². The van der Waals surface area contributed by atoms with Crippen LogP contribution in [0.25, 0.3) is 23.0 Å². The number of furan rings is 1. The van der Waals surface area contributed by atoms with Gasteiger partial charge in [0.15, 0.2) is 0 Å². The SMILES string of the molecule is Cc1ccc(/C(C#N)=C/c2ccc(-c3cc(Cl)ccc3Cl)o2)cc1. The van der Waals surface area contributed by atoms with Crippen LogP contribution in [0.2, 0.25) is 10.0 Å². The standard InChI is InChI=1S/C20H13Cl2NO/c1-13-2-4-14(5-3-13)15(12-23)10-17-7-9-20(24-17)18-11-16(21)6-8-19(18)22/h2-11H,1H3/b15-10+. The zero-order chi connectivity index (χ0) is 17.1. The van der Waals surface area contributed by atoms with Crippen molar-refractivity contribution >= 4 is 34.9 Å². The smallest absolute Gasteiger partial charge is 0.136 e. The van der Waals surface area contributed by atoms with E-state index in [1.165, 1.54) is 0 Å². The van der Waals surface area contributed by atoms with Gasteiger partial charge in [0.2, 0.25) is 0 Å². The lowest BCUT2D eigenvalue weighted by atomic mass is 10.0. The molecule has 2 nitrogen and oxygen atoms in total. The summed E-state index contributed by atoms with van der Waals surface area (Å²) < 4.78 is 5.81. The van der Waals surface area contributed by atoms with Gasteiger partial charge in [0.05, 0.1) is 16.7 Å². The summed E-state index contributed by atoms with van der Waals surface area (Å²) in [5.41, 5.74) is 3.25. The molecule has 0 N–H and O–H groups in total. The number of benzene rings is 2. The topological polar surface area (TPSA) is 36.9 Å². The lowest BCUT2D eigenvalue weighted by Gasteiger charge is -2.01. The first-order chi connectivity index (χ1) is 11.6. The van der Waals surface area contributed by atoms with E-state index in [1.807, 2.05) is 37.3 Å². The summed E-state index contributed by atoms with van der Waals surface area (Å²) in [6.07, 6.45) is 1.71. The minimum Gasteiger partial charge on any atom is -0.457 e. The molecule has 24 heavy (non-hydrogen) atoms. The first-order valence-electron chi connectivity index (χ1n) is 7.31. The molecule has 118 valence electrons. The van der Waals surface area contributed by atoms with Crippen molar-refractivity contribution in [3.05, 3.63) is 81.5 Å². The Bertz CT molecular complexity index is 947. The van der Waals surface area contributed by atoms with Crippen molar-refractivity contribution in [2.45, 2.75) is 6.92 Å². The Hall–Kier alpha value is -2.47. The van der Waals surface area contributed by atoms with E-state index in [4.69, 9.17) is 27.6 Å². The van der Waals surface area contributed by atoms with Crippen LogP contribution >= 0.6 is 23.2 Å². The van der Waals surface area contributed by atoms with Crippen LogP contribution in [0, 0.1) is 18.3 Å². The van der Waals surface area contributed by atoms with Gasteiger partial charge >= 0.3 is 0 Å².